The highest BCUT2D eigenvalue weighted by molar-refractivity contribution is 7.09. The second-order valence-electron chi connectivity index (χ2n) is 3.04. The van der Waals surface area contributed by atoms with Gasteiger partial charge in [-0.15, -0.1) is 11.3 Å². The second kappa shape index (κ2) is 4.39. The zero-order chi connectivity index (χ0) is 9.80. The van der Waals surface area contributed by atoms with E-state index < -0.39 is 0 Å². The van der Waals surface area contributed by atoms with Gasteiger partial charge in [-0.1, -0.05) is 0 Å². The molecule has 2 aromatic rings. The molecule has 4 heteroatoms. The van der Waals surface area contributed by atoms with Crippen molar-refractivity contribution in [1.82, 2.24) is 10.3 Å². The average Bonchev–Trinajstić information content (AvgIpc) is 2.87. The molecular formula is C10H12N2OS. The number of nitrogens with one attached hydrogen (secondary N) is 1. The lowest BCUT2D eigenvalue weighted by Crippen LogP contribution is -2.17. The van der Waals surface area contributed by atoms with E-state index in [1.54, 1.807) is 17.6 Å². The second-order valence-corrected chi connectivity index (χ2v) is 4.02. The topological polar surface area (TPSA) is 38.1 Å². The molecule has 2 heterocycles. The standard InChI is InChI=1S/C10H12N2OS/c1-8(9-3-2-5-13-9)12-7-10-11-4-6-14-10/h2-6,8,12H,7H2,1H3/t8-/m0/s1. The number of aromatic nitrogens is 1. The Morgan fingerprint density at radius 2 is 2.57 bits per heavy atom. The molecule has 0 amide bonds. The van der Waals surface area contributed by atoms with E-state index >= 15 is 0 Å². The van der Waals surface area contributed by atoms with Gasteiger partial charge < -0.3 is 9.73 Å². The Kier molecular flexibility index (Phi) is 2.96. The number of hydrogen-bond acceptors (Lipinski definition) is 4. The van der Waals surface area contributed by atoms with Gasteiger partial charge in [0.15, 0.2) is 0 Å². The van der Waals surface area contributed by atoms with Crippen molar-refractivity contribution in [1.29, 1.82) is 0 Å². The number of furan rings is 1. The Morgan fingerprint density at radius 1 is 1.64 bits per heavy atom. The molecule has 0 unspecified atom stereocenters. The smallest absolute Gasteiger partial charge is 0.120 e. The fraction of sp³-hybridized carbons (Fsp3) is 0.300. The predicted molar refractivity (Wildman–Crippen MR) is 56.1 cm³/mol. The van der Waals surface area contributed by atoms with E-state index in [1.807, 2.05) is 23.7 Å². The van der Waals surface area contributed by atoms with Crippen LogP contribution in [0.4, 0.5) is 0 Å². The van der Waals surface area contributed by atoms with Crippen LogP contribution in [-0.2, 0) is 6.54 Å². The summed E-state index contributed by atoms with van der Waals surface area (Å²) in [7, 11) is 0. The molecule has 2 rings (SSSR count). The van der Waals surface area contributed by atoms with Crippen molar-refractivity contribution in [3.05, 3.63) is 40.7 Å². The van der Waals surface area contributed by atoms with Crippen molar-refractivity contribution in [3.8, 4) is 0 Å². The van der Waals surface area contributed by atoms with Crippen LogP contribution < -0.4 is 5.32 Å². The highest BCUT2D eigenvalue weighted by Gasteiger charge is 2.07. The molecule has 3 nitrogen and oxygen atoms in total. The van der Waals surface area contributed by atoms with Crippen molar-refractivity contribution in [2.45, 2.75) is 19.5 Å². The van der Waals surface area contributed by atoms with Gasteiger partial charge >= 0.3 is 0 Å². The van der Waals surface area contributed by atoms with Gasteiger partial charge in [0.25, 0.3) is 0 Å². The molecular weight excluding hydrogens is 196 g/mol. The molecule has 74 valence electrons. The van der Waals surface area contributed by atoms with Crippen LogP contribution in [0.5, 0.6) is 0 Å². The van der Waals surface area contributed by atoms with Crippen molar-refractivity contribution in [2.24, 2.45) is 0 Å². The summed E-state index contributed by atoms with van der Waals surface area (Å²) < 4.78 is 5.29. The molecule has 0 aromatic carbocycles. The molecule has 0 fully saturated rings. The van der Waals surface area contributed by atoms with Crippen molar-refractivity contribution < 1.29 is 4.42 Å². The summed E-state index contributed by atoms with van der Waals surface area (Å²) in [5.74, 6) is 0.960. The molecule has 0 radical (unpaired) electrons. The average molecular weight is 208 g/mol. The van der Waals surface area contributed by atoms with Gasteiger partial charge in [-0.05, 0) is 19.1 Å². The third kappa shape index (κ3) is 2.21. The van der Waals surface area contributed by atoms with Crippen molar-refractivity contribution in [3.63, 3.8) is 0 Å². The monoisotopic (exact) mass is 208 g/mol. The third-order valence-electron chi connectivity index (χ3n) is 2.01. The fourth-order valence-electron chi connectivity index (χ4n) is 1.22. The molecule has 0 aliphatic heterocycles. The zero-order valence-electron chi connectivity index (χ0n) is 7.93. The van der Waals surface area contributed by atoms with Gasteiger partial charge in [0, 0.05) is 18.1 Å². The molecule has 0 saturated heterocycles. The Labute approximate surface area is 86.8 Å². The maximum atomic E-state index is 5.29. The third-order valence-corrected chi connectivity index (χ3v) is 2.79. The zero-order valence-corrected chi connectivity index (χ0v) is 8.75. The van der Waals surface area contributed by atoms with Gasteiger partial charge in [0.05, 0.1) is 12.3 Å². The van der Waals surface area contributed by atoms with Gasteiger partial charge in [-0.3, -0.25) is 0 Å². The highest BCUT2D eigenvalue weighted by Crippen LogP contribution is 2.13. The van der Waals surface area contributed by atoms with E-state index in [9.17, 15) is 0 Å². The van der Waals surface area contributed by atoms with Crippen LogP contribution in [0.2, 0.25) is 0 Å². The maximum Gasteiger partial charge on any atom is 0.120 e. The van der Waals surface area contributed by atoms with E-state index in [0.29, 0.717) is 0 Å². The first-order valence-electron chi connectivity index (χ1n) is 4.51. The van der Waals surface area contributed by atoms with Crippen molar-refractivity contribution in [2.75, 3.05) is 0 Å². The maximum absolute atomic E-state index is 5.29. The van der Waals surface area contributed by atoms with E-state index in [2.05, 4.69) is 17.2 Å². The molecule has 0 spiro atoms. The largest absolute Gasteiger partial charge is 0.468 e. The lowest BCUT2D eigenvalue weighted by Gasteiger charge is -2.09. The van der Waals surface area contributed by atoms with Gasteiger partial charge in [0.2, 0.25) is 0 Å². The van der Waals surface area contributed by atoms with Crippen LogP contribution in [0.3, 0.4) is 0 Å². The van der Waals surface area contributed by atoms with E-state index in [-0.39, 0.29) is 6.04 Å². The summed E-state index contributed by atoms with van der Waals surface area (Å²) in [5.41, 5.74) is 0. The minimum Gasteiger partial charge on any atom is -0.468 e. The first kappa shape index (κ1) is 9.43. The summed E-state index contributed by atoms with van der Waals surface area (Å²) in [5, 5.41) is 6.42. The summed E-state index contributed by atoms with van der Waals surface area (Å²) in [6, 6.07) is 4.10. The van der Waals surface area contributed by atoms with Crippen LogP contribution in [0, 0.1) is 0 Å². The first-order chi connectivity index (χ1) is 6.86. The number of thiazole rings is 1. The molecule has 0 aliphatic rings. The summed E-state index contributed by atoms with van der Waals surface area (Å²) in [6.07, 6.45) is 3.51. The van der Waals surface area contributed by atoms with Crippen LogP contribution >= 0.6 is 11.3 Å². The number of nitrogens with zero attached hydrogens (tertiary/aromatic N) is 1. The van der Waals surface area contributed by atoms with Gasteiger partial charge in [-0.2, -0.15) is 0 Å². The lowest BCUT2D eigenvalue weighted by atomic mass is 10.2. The Bertz CT molecular complexity index is 355. The Balaban J connectivity index is 1.87. The number of hydrogen-bond donors (Lipinski definition) is 1. The van der Waals surface area contributed by atoms with Crippen LogP contribution in [0.15, 0.2) is 34.4 Å². The normalized spacial score (nSPS) is 12.9. The predicted octanol–water partition coefficient (Wildman–Crippen LogP) is 2.59. The molecule has 0 saturated carbocycles. The SMILES string of the molecule is C[C@H](NCc1nccs1)c1ccco1. The molecule has 1 atom stereocenters. The van der Waals surface area contributed by atoms with Gasteiger partial charge in [-0.25, -0.2) is 4.98 Å². The minimum atomic E-state index is 0.230. The summed E-state index contributed by atoms with van der Waals surface area (Å²) >= 11 is 1.66. The Hall–Kier alpha value is -1.13. The minimum absolute atomic E-state index is 0.230. The molecule has 14 heavy (non-hydrogen) atoms. The Morgan fingerprint density at radius 3 is 3.21 bits per heavy atom. The lowest BCUT2D eigenvalue weighted by molar-refractivity contribution is 0.430. The van der Waals surface area contributed by atoms with Crippen molar-refractivity contribution >= 4 is 11.3 Å². The fourth-order valence-corrected chi connectivity index (χ4v) is 1.79. The highest BCUT2D eigenvalue weighted by atomic mass is 32.1. The summed E-state index contributed by atoms with van der Waals surface area (Å²) in [6.45, 7) is 2.87. The van der Waals surface area contributed by atoms with E-state index in [0.717, 1.165) is 17.3 Å². The van der Waals surface area contributed by atoms with E-state index in [1.165, 1.54) is 0 Å². The van der Waals surface area contributed by atoms with Crippen LogP contribution in [-0.4, -0.2) is 4.98 Å². The van der Waals surface area contributed by atoms with Gasteiger partial charge in [0.1, 0.15) is 10.8 Å². The molecule has 1 N–H and O–H groups in total. The molecule has 2 aromatic heterocycles. The van der Waals surface area contributed by atoms with Crippen LogP contribution in [0.1, 0.15) is 23.7 Å². The first-order valence-corrected chi connectivity index (χ1v) is 5.39. The molecule has 0 bridgehead atoms. The van der Waals surface area contributed by atoms with E-state index in [4.69, 9.17) is 4.42 Å². The van der Waals surface area contributed by atoms with Crippen LogP contribution in [0.25, 0.3) is 0 Å². The number of rotatable bonds is 4. The summed E-state index contributed by atoms with van der Waals surface area (Å²) in [4.78, 5) is 4.19. The quantitative estimate of drug-likeness (QED) is 0.839. The molecule has 0 aliphatic carbocycles.